The molecule has 0 spiro atoms. The standard InChI is InChI=1S/2C18H32O2.C4H8/c2*1-2-3-4-5-6-7-8-9-10-11-12-13-14-15-16-17-18(19)20;1-3-4-2/h2*6-7,9-10H,2-5,8,11-17H2,1H3,(H,19,20);3H,1,4H2,2H3/b2*7-6-,10-9-;. The first-order valence-electron chi connectivity index (χ1n) is 18.1. The van der Waals surface area contributed by atoms with Crippen LogP contribution < -0.4 is 0 Å². The van der Waals surface area contributed by atoms with Crippen molar-refractivity contribution in [3.05, 3.63) is 61.3 Å². The number of hydrogen-bond donors (Lipinski definition) is 2. The van der Waals surface area contributed by atoms with E-state index in [0.29, 0.717) is 12.8 Å². The van der Waals surface area contributed by atoms with Crippen molar-refractivity contribution in [3.63, 3.8) is 0 Å². The van der Waals surface area contributed by atoms with Crippen molar-refractivity contribution in [2.24, 2.45) is 0 Å². The first-order valence-corrected chi connectivity index (χ1v) is 18.1. The molecule has 256 valence electrons. The molecular formula is C40H72O4. The largest absolute Gasteiger partial charge is 0.481 e. The molecular weight excluding hydrogens is 544 g/mol. The Bertz CT molecular complexity index is 646. The third-order valence-electron chi connectivity index (χ3n) is 6.97. The number of aliphatic carboxylic acids is 2. The van der Waals surface area contributed by atoms with Crippen molar-refractivity contribution >= 4 is 11.9 Å². The fourth-order valence-corrected chi connectivity index (χ4v) is 4.18. The van der Waals surface area contributed by atoms with Crippen LogP contribution in [0.5, 0.6) is 0 Å². The minimum atomic E-state index is -0.671. The number of carboxylic acids is 2. The highest BCUT2D eigenvalue weighted by molar-refractivity contribution is 5.66. The van der Waals surface area contributed by atoms with E-state index in [9.17, 15) is 9.59 Å². The van der Waals surface area contributed by atoms with Gasteiger partial charge in [0, 0.05) is 12.8 Å². The van der Waals surface area contributed by atoms with Gasteiger partial charge in [-0.2, -0.15) is 0 Å². The first-order chi connectivity index (χ1) is 21.5. The molecule has 0 aliphatic heterocycles. The molecule has 0 unspecified atom stereocenters. The van der Waals surface area contributed by atoms with Crippen LogP contribution in [0.3, 0.4) is 0 Å². The lowest BCUT2D eigenvalue weighted by Gasteiger charge is -1.98. The zero-order chi connectivity index (χ0) is 33.2. The zero-order valence-electron chi connectivity index (χ0n) is 29.3. The second-order valence-corrected chi connectivity index (χ2v) is 11.4. The van der Waals surface area contributed by atoms with E-state index in [-0.39, 0.29) is 0 Å². The maximum absolute atomic E-state index is 10.3. The summed E-state index contributed by atoms with van der Waals surface area (Å²) in [7, 11) is 0. The highest BCUT2D eigenvalue weighted by atomic mass is 16.4. The highest BCUT2D eigenvalue weighted by Crippen LogP contribution is 2.09. The van der Waals surface area contributed by atoms with E-state index in [1.807, 2.05) is 6.08 Å². The number of rotatable bonds is 29. The van der Waals surface area contributed by atoms with Crippen molar-refractivity contribution in [1.29, 1.82) is 0 Å². The average molecular weight is 617 g/mol. The number of carboxylic acid groups (broad SMARTS) is 2. The molecule has 0 aliphatic rings. The third kappa shape index (κ3) is 55.6. The monoisotopic (exact) mass is 617 g/mol. The van der Waals surface area contributed by atoms with Crippen molar-refractivity contribution in [2.45, 2.75) is 181 Å². The van der Waals surface area contributed by atoms with Gasteiger partial charge >= 0.3 is 11.9 Å². The van der Waals surface area contributed by atoms with Gasteiger partial charge in [0.05, 0.1) is 0 Å². The van der Waals surface area contributed by atoms with E-state index in [1.165, 1.54) is 89.9 Å². The Labute approximate surface area is 273 Å². The summed E-state index contributed by atoms with van der Waals surface area (Å²) in [5.74, 6) is -1.34. The summed E-state index contributed by atoms with van der Waals surface area (Å²) in [6, 6.07) is 0. The molecule has 0 radical (unpaired) electrons. The van der Waals surface area contributed by atoms with Crippen LogP contribution in [-0.2, 0) is 9.59 Å². The maximum Gasteiger partial charge on any atom is 0.303 e. The van der Waals surface area contributed by atoms with Crippen molar-refractivity contribution < 1.29 is 19.8 Å². The van der Waals surface area contributed by atoms with Gasteiger partial charge in [0.1, 0.15) is 0 Å². The van der Waals surface area contributed by atoms with Gasteiger partial charge in [-0.3, -0.25) is 9.59 Å². The molecule has 0 atom stereocenters. The second kappa shape index (κ2) is 45.1. The minimum Gasteiger partial charge on any atom is -0.481 e. The SMILES string of the molecule is C=CCC.CCCCC/C=C\C/C=C\CCCCCCCC(=O)O.CCCCC/C=C\C/C=C\CCCCCCCC(=O)O. The summed E-state index contributed by atoms with van der Waals surface area (Å²) in [5, 5.41) is 17.0. The molecule has 2 N–H and O–H groups in total. The number of carbonyl (C=O) groups is 2. The van der Waals surface area contributed by atoms with Crippen LogP contribution in [-0.4, -0.2) is 22.2 Å². The summed E-state index contributed by atoms with van der Waals surface area (Å²) in [4.78, 5) is 20.6. The fraction of sp³-hybridized carbons (Fsp3) is 0.700. The second-order valence-electron chi connectivity index (χ2n) is 11.4. The number of unbranched alkanes of at least 4 members (excludes halogenated alkanes) is 16. The van der Waals surface area contributed by atoms with Crippen molar-refractivity contribution in [3.8, 4) is 0 Å². The maximum atomic E-state index is 10.3. The van der Waals surface area contributed by atoms with Gasteiger partial charge in [-0.15, -0.1) is 6.58 Å². The van der Waals surface area contributed by atoms with Gasteiger partial charge in [-0.05, 0) is 83.5 Å². The topological polar surface area (TPSA) is 74.6 Å². The molecule has 44 heavy (non-hydrogen) atoms. The Hall–Kier alpha value is -2.36. The smallest absolute Gasteiger partial charge is 0.303 e. The number of allylic oxidation sites excluding steroid dienone is 9. The minimum absolute atomic E-state index is 0.324. The molecule has 0 heterocycles. The molecule has 0 saturated heterocycles. The van der Waals surface area contributed by atoms with Crippen LogP contribution in [0.25, 0.3) is 0 Å². The predicted octanol–water partition coefficient (Wildman–Crippen LogP) is 13.4. The van der Waals surface area contributed by atoms with Gasteiger partial charge in [-0.1, -0.05) is 140 Å². The van der Waals surface area contributed by atoms with Gasteiger partial charge in [0.15, 0.2) is 0 Å². The highest BCUT2D eigenvalue weighted by Gasteiger charge is 1.96. The van der Waals surface area contributed by atoms with Crippen LogP contribution in [0.15, 0.2) is 61.3 Å². The Morgan fingerprint density at radius 1 is 0.455 bits per heavy atom. The first kappa shape index (κ1) is 46.1. The lowest BCUT2D eigenvalue weighted by Crippen LogP contribution is -1.93. The average Bonchev–Trinajstić information content (AvgIpc) is 3.01. The quantitative estimate of drug-likeness (QED) is 0.0647. The molecule has 0 aromatic carbocycles. The molecule has 0 amide bonds. The normalized spacial score (nSPS) is 11.2. The molecule has 4 heteroatoms. The Morgan fingerprint density at radius 3 is 1.00 bits per heavy atom. The summed E-state index contributed by atoms with van der Waals surface area (Å²) in [6.45, 7) is 10.0. The molecule has 0 fully saturated rings. The van der Waals surface area contributed by atoms with Crippen LogP contribution in [0.2, 0.25) is 0 Å². The van der Waals surface area contributed by atoms with E-state index >= 15 is 0 Å². The van der Waals surface area contributed by atoms with E-state index < -0.39 is 11.9 Å². The molecule has 4 nitrogen and oxygen atoms in total. The summed E-state index contributed by atoms with van der Waals surface area (Å²) in [6.07, 6.45) is 47.5. The van der Waals surface area contributed by atoms with E-state index in [4.69, 9.17) is 10.2 Å². The van der Waals surface area contributed by atoms with Crippen molar-refractivity contribution in [1.82, 2.24) is 0 Å². The van der Waals surface area contributed by atoms with Crippen molar-refractivity contribution in [2.75, 3.05) is 0 Å². The third-order valence-corrected chi connectivity index (χ3v) is 6.97. The predicted molar refractivity (Wildman–Crippen MR) is 194 cm³/mol. The Kier molecular flexibility index (Phi) is 47.2. The molecule has 0 aromatic heterocycles. The van der Waals surface area contributed by atoms with Gasteiger partial charge < -0.3 is 10.2 Å². The Morgan fingerprint density at radius 2 is 0.727 bits per heavy atom. The van der Waals surface area contributed by atoms with Crippen LogP contribution in [0.4, 0.5) is 0 Å². The van der Waals surface area contributed by atoms with Crippen LogP contribution in [0.1, 0.15) is 181 Å². The molecule has 0 bridgehead atoms. The zero-order valence-corrected chi connectivity index (χ0v) is 29.3. The summed E-state index contributed by atoms with van der Waals surface area (Å²) < 4.78 is 0. The molecule has 0 aliphatic carbocycles. The van der Waals surface area contributed by atoms with Crippen LogP contribution >= 0.6 is 0 Å². The van der Waals surface area contributed by atoms with Gasteiger partial charge in [0.25, 0.3) is 0 Å². The lowest BCUT2D eigenvalue weighted by molar-refractivity contribution is -0.138. The Balaban J connectivity index is -0.000000680. The molecule has 0 aromatic rings. The van der Waals surface area contributed by atoms with Gasteiger partial charge in [-0.25, -0.2) is 0 Å². The van der Waals surface area contributed by atoms with Gasteiger partial charge in [0.2, 0.25) is 0 Å². The summed E-state index contributed by atoms with van der Waals surface area (Å²) >= 11 is 0. The molecule has 0 rings (SSSR count). The molecule has 0 saturated carbocycles. The number of hydrogen-bond acceptors (Lipinski definition) is 2. The van der Waals surface area contributed by atoms with E-state index in [2.05, 4.69) is 76.0 Å². The fourth-order valence-electron chi connectivity index (χ4n) is 4.18. The van der Waals surface area contributed by atoms with Crippen LogP contribution in [0, 0.1) is 0 Å². The lowest BCUT2D eigenvalue weighted by atomic mass is 10.1. The van der Waals surface area contributed by atoms with E-state index in [1.54, 1.807) is 0 Å². The van der Waals surface area contributed by atoms with E-state index in [0.717, 1.165) is 57.8 Å². The summed E-state index contributed by atoms with van der Waals surface area (Å²) in [5.41, 5.74) is 0.